The Kier molecular flexibility index (Phi) is 11.1. The molecule has 0 bridgehead atoms. The predicted octanol–water partition coefficient (Wildman–Crippen LogP) is 5.22. The highest BCUT2D eigenvalue weighted by atomic mass is 35.5. The quantitative estimate of drug-likeness (QED) is 0.744. The van der Waals surface area contributed by atoms with Crippen LogP contribution in [0.15, 0.2) is 18.2 Å². The minimum Gasteiger partial charge on any atom is -0.314 e. The van der Waals surface area contributed by atoms with Crippen LogP contribution in [0.4, 0.5) is 0 Å². The molecule has 0 spiro atoms. The van der Waals surface area contributed by atoms with Gasteiger partial charge in [-0.05, 0) is 42.5 Å². The summed E-state index contributed by atoms with van der Waals surface area (Å²) in [7, 11) is 0. The fourth-order valence-electron chi connectivity index (χ4n) is 2.81. The Bertz CT molecular complexity index is 414. The van der Waals surface area contributed by atoms with Crippen LogP contribution in [0, 0.1) is 5.92 Å². The second-order valence-electron chi connectivity index (χ2n) is 5.98. The van der Waals surface area contributed by atoms with Crippen molar-refractivity contribution >= 4 is 48.0 Å². The van der Waals surface area contributed by atoms with Crippen molar-refractivity contribution < 1.29 is 0 Å². The molecule has 1 aliphatic rings. The molecule has 1 aliphatic heterocycles. The van der Waals surface area contributed by atoms with Gasteiger partial charge < -0.3 is 5.32 Å². The fraction of sp³-hybridized carbons (Fsp3) is 0.625. The van der Waals surface area contributed by atoms with Crippen molar-refractivity contribution in [3.63, 3.8) is 0 Å². The Morgan fingerprint density at radius 2 is 1.55 bits per heavy atom. The number of rotatable bonds is 5. The molecular formula is C16H26Cl4N2. The van der Waals surface area contributed by atoms with Crippen molar-refractivity contribution in [3.05, 3.63) is 33.8 Å². The maximum absolute atomic E-state index is 6.18. The molecule has 1 fully saturated rings. The van der Waals surface area contributed by atoms with Crippen LogP contribution >= 0.6 is 48.0 Å². The standard InChI is InChI=1S/C16H24Cl2N2.2ClH/c1-12(2)3-4-16(20-7-5-19-6-8-20)13-9-14(17)11-15(18)10-13;;/h9-12,16,19H,3-8H2,1-2H3;2*1H/t16-;;/m0../s1. The Morgan fingerprint density at radius 3 is 2.05 bits per heavy atom. The van der Waals surface area contributed by atoms with Gasteiger partial charge in [-0.15, -0.1) is 24.8 Å². The summed E-state index contributed by atoms with van der Waals surface area (Å²) in [5, 5.41) is 4.88. The summed E-state index contributed by atoms with van der Waals surface area (Å²) in [5.74, 6) is 0.718. The Balaban J connectivity index is 0.00000220. The number of hydrogen-bond acceptors (Lipinski definition) is 2. The molecule has 2 nitrogen and oxygen atoms in total. The molecule has 128 valence electrons. The SMILES string of the molecule is CC(C)CC[C@@H](c1cc(Cl)cc(Cl)c1)N1CCNCC1.Cl.Cl. The lowest BCUT2D eigenvalue weighted by molar-refractivity contribution is 0.160. The molecule has 2 rings (SSSR count). The van der Waals surface area contributed by atoms with Gasteiger partial charge in [0.15, 0.2) is 0 Å². The molecule has 0 aromatic heterocycles. The summed E-state index contributed by atoms with van der Waals surface area (Å²) in [5.41, 5.74) is 1.25. The van der Waals surface area contributed by atoms with Crippen LogP contribution in [0.5, 0.6) is 0 Å². The van der Waals surface area contributed by atoms with Crippen molar-refractivity contribution in [1.82, 2.24) is 10.2 Å². The molecule has 0 unspecified atom stereocenters. The molecule has 1 N–H and O–H groups in total. The topological polar surface area (TPSA) is 15.3 Å². The van der Waals surface area contributed by atoms with E-state index in [9.17, 15) is 0 Å². The van der Waals surface area contributed by atoms with Gasteiger partial charge in [-0.25, -0.2) is 0 Å². The molecule has 0 saturated carbocycles. The van der Waals surface area contributed by atoms with Gasteiger partial charge >= 0.3 is 0 Å². The number of halogens is 4. The van der Waals surface area contributed by atoms with E-state index in [2.05, 4.69) is 36.2 Å². The van der Waals surface area contributed by atoms with E-state index < -0.39 is 0 Å². The van der Waals surface area contributed by atoms with E-state index in [0.29, 0.717) is 6.04 Å². The van der Waals surface area contributed by atoms with Crippen molar-refractivity contribution in [2.45, 2.75) is 32.7 Å². The lowest BCUT2D eigenvalue weighted by Gasteiger charge is -2.36. The van der Waals surface area contributed by atoms with E-state index in [4.69, 9.17) is 23.2 Å². The van der Waals surface area contributed by atoms with Gasteiger partial charge in [0.1, 0.15) is 0 Å². The lowest BCUT2D eigenvalue weighted by atomic mass is 9.96. The average Bonchev–Trinajstić information content (AvgIpc) is 2.38. The zero-order chi connectivity index (χ0) is 14.5. The molecule has 0 radical (unpaired) electrons. The van der Waals surface area contributed by atoms with E-state index in [1.54, 1.807) is 0 Å². The third-order valence-corrected chi connectivity index (χ3v) is 4.32. The molecule has 1 saturated heterocycles. The largest absolute Gasteiger partial charge is 0.314 e. The van der Waals surface area contributed by atoms with Crippen LogP contribution in [0.1, 0.15) is 38.3 Å². The maximum atomic E-state index is 6.18. The molecule has 0 aliphatic carbocycles. The highest BCUT2D eigenvalue weighted by Crippen LogP contribution is 2.31. The Labute approximate surface area is 156 Å². The molecule has 0 amide bonds. The highest BCUT2D eigenvalue weighted by Gasteiger charge is 2.22. The number of piperazine rings is 1. The number of nitrogens with one attached hydrogen (secondary N) is 1. The predicted molar refractivity (Wildman–Crippen MR) is 102 cm³/mol. The highest BCUT2D eigenvalue weighted by molar-refractivity contribution is 6.34. The van der Waals surface area contributed by atoms with E-state index >= 15 is 0 Å². The number of hydrogen-bond donors (Lipinski definition) is 1. The zero-order valence-electron chi connectivity index (χ0n) is 13.1. The van der Waals surface area contributed by atoms with Crippen molar-refractivity contribution in [2.75, 3.05) is 26.2 Å². The zero-order valence-corrected chi connectivity index (χ0v) is 16.3. The van der Waals surface area contributed by atoms with Gasteiger partial charge in [-0.1, -0.05) is 37.0 Å². The minimum absolute atomic E-state index is 0. The van der Waals surface area contributed by atoms with Gasteiger partial charge in [0.25, 0.3) is 0 Å². The summed E-state index contributed by atoms with van der Waals surface area (Å²) >= 11 is 12.4. The minimum atomic E-state index is 0. The van der Waals surface area contributed by atoms with Gasteiger partial charge in [0.05, 0.1) is 0 Å². The van der Waals surface area contributed by atoms with Gasteiger partial charge in [-0.2, -0.15) is 0 Å². The first-order chi connectivity index (χ1) is 9.56. The summed E-state index contributed by atoms with van der Waals surface area (Å²) < 4.78 is 0. The molecule has 22 heavy (non-hydrogen) atoms. The first-order valence-corrected chi connectivity index (χ1v) is 8.22. The molecule has 1 heterocycles. The Morgan fingerprint density at radius 1 is 1.00 bits per heavy atom. The van der Waals surface area contributed by atoms with Crippen molar-refractivity contribution in [1.29, 1.82) is 0 Å². The monoisotopic (exact) mass is 386 g/mol. The average molecular weight is 388 g/mol. The molecule has 1 atom stereocenters. The first-order valence-electron chi connectivity index (χ1n) is 7.47. The van der Waals surface area contributed by atoms with E-state index in [0.717, 1.165) is 48.6 Å². The summed E-state index contributed by atoms with van der Waals surface area (Å²) in [6.07, 6.45) is 2.38. The van der Waals surface area contributed by atoms with Crippen LogP contribution in [0.2, 0.25) is 10.0 Å². The van der Waals surface area contributed by atoms with Crippen LogP contribution < -0.4 is 5.32 Å². The van der Waals surface area contributed by atoms with Crippen molar-refractivity contribution in [2.24, 2.45) is 5.92 Å². The summed E-state index contributed by atoms with van der Waals surface area (Å²) in [6.45, 7) is 8.86. The lowest BCUT2D eigenvalue weighted by Crippen LogP contribution is -2.45. The summed E-state index contributed by atoms with van der Waals surface area (Å²) in [6, 6.07) is 6.38. The smallest absolute Gasteiger partial charge is 0.0424 e. The fourth-order valence-corrected chi connectivity index (χ4v) is 3.36. The maximum Gasteiger partial charge on any atom is 0.0424 e. The van der Waals surface area contributed by atoms with Crippen LogP contribution in [0.25, 0.3) is 0 Å². The van der Waals surface area contributed by atoms with E-state index in [1.807, 2.05) is 6.07 Å². The van der Waals surface area contributed by atoms with E-state index in [1.165, 1.54) is 12.0 Å². The van der Waals surface area contributed by atoms with Gasteiger partial charge in [-0.3, -0.25) is 4.90 Å². The normalized spacial score (nSPS) is 16.8. The molecular weight excluding hydrogens is 362 g/mol. The molecule has 1 aromatic rings. The van der Waals surface area contributed by atoms with Crippen LogP contribution in [0.3, 0.4) is 0 Å². The number of benzene rings is 1. The number of nitrogens with zero attached hydrogens (tertiary/aromatic N) is 1. The second kappa shape index (κ2) is 11.0. The van der Waals surface area contributed by atoms with Gasteiger partial charge in [0.2, 0.25) is 0 Å². The Hall–Kier alpha value is 0.300. The van der Waals surface area contributed by atoms with Crippen LogP contribution in [-0.2, 0) is 0 Å². The molecule has 6 heteroatoms. The third kappa shape index (κ3) is 6.82. The summed E-state index contributed by atoms with van der Waals surface area (Å²) in [4.78, 5) is 2.56. The van der Waals surface area contributed by atoms with Crippen molar-refractivity contribution in [3.8, 4) is 0 Å². The van der Waals surface area contributed by atoms with Crippen LogP contribution in [-0.4, -0.2) is 31.1 Å². The third-order valence-electron chi connectivity index (χ3n) is 3.88. The molecule has 1 aromatic carbocycles. The second-order valence-corrected chi connectivity index (χ2v) is 6.85. The van der Waals surface area contributed by atoms with Gasteiger partial charge in [0, 0.05) is 42.3 Å². The first kappa shape index (κ1) is 22.3. The van der Waals surface area contributed by atoms with E-state index in [-0.39, 0.29) is 24.8 Å².